The first-order valence-electron chi connectivity index (χ1n) is 4.65. The Morgan fingerprint density at radius 3 is 3.00 bits per heavy atom. The summed E-state index contributed by atoms with van der Waals surface area (Å²) >= 11 is 0. The number of fused-ring (bicyclic) bond motifs is 1. The monoisotopic (exact) mass is 179 g/mol. The van der Waals surface area contributed by atoms with Crippen LogP contribution in [-0.4, -0.2) is 6.54 Å². The van der Waals surface area contributed by atoms with E-state index in [1.807, 2.05) is 6.07 Å². The summed E-state index contributed by atoms with van der Waals surface area (Å²) in [6.45, 7) is 2.71. The molecule has 70 valence electrons. The Bertz CT molecular complexity index is 335. The van der Waals surface area contributed by atoms with Crippen molar-refractivity contribution < 1.29 is 4.39 Å². The van der Waals surface area contributed by atoms with Crippen LogP contribution in [0, 0.1) is 5.82 Å². The van der Waals surface area contributed by atoms with Gasteiger partial charge in [-0.25, -0.2) is 4.39 Å². The number of halogens is 1. The highest BCUT2D eigenvalue weighted by atomic mass is 19.1. The fourth-order valence-electron chi connectivity index (χ4n) is 2.13. The largest absolute Gasteiger partial charge is 0.330 e. The maximum absolute atomic E-state index is 13.3. The SMILES string of the molecule is CC1(CN)CCc2c(F)cccc21. The molecule has 2 rings (SSSR count). The van der Waals surface area contributed by atoms with Crippen LogP contribution in [0.2, 0.25) is 0 Å². The van der Waals surface area contributed by atoms with Crippen LogP contribution in [0.5, 0.6) is 0 Å². The van der Waals surface area contributed by atoms with Crippen LogP contribution in [0.3, 0.4) is 0 Å². The van der Waals surface area contributed by atoms with Crippen molar-refractivity contribution in [3.8, 4) is 0 Å². The average Bonchev–Trinajstić information content (AvgIpc) is 2.47. The third kappa shape index (κ3) is 1.17. The van der Waals surface area contributed by atoms with Crippen LogP contribution < -0.4 is 5.73 Å². The first-order valence-corrected chi connectivity index (χ1v) is 4.65. The minimum absolute atomic E-state index is 0.00255. The Morgan fingerprint density at radius 1 is 1.54 bits per heavy atom. The van der Waals surface area contributed by atoms with Crippen LogP contribution in [-0.2, 0) is 11.8 Å². The molecule has 1 atom stereocenters. The number of benzene rings is 1. The van der Waals surface area contributed by atoms with E-state index in [9.17, 15) is 4.39 Å². The van der Waals surface area contributed by atoms with Gasteiger partial charge in [0.15, 0.2) is 0 Å². The zero-order chi connectivity index (χ0) is 9.47. The molecule has 1 nitrogen and oxygen atoms in total. The van der Waals surface area contributed by atoms with Gasteiger partial charge in [-0.15, -0.1) is 0 Å². The molecule has 2 heteroatoms. The van der Waals surface area contributed by atoms with E-state index in [1.165, 1.54) is 6.07 Å². The summed E-state index contributed by atoms with van der Waals surface area (Å²) in [6, 6.07) is 5.30. The van der Waals surface area contributed by atoms with Crippen molar-refractivity contribution >= 4 is 0 Å². The molecule has 0 aromatic heterocycles. The molecule has 1 unspecified atom stereocenters. The summed E-state index contributed by atoms with van der Waals surface area (Å²) in [6.07, 6.45) is 1.80. The van der Waals surface area contributed by atoms with Crippen molar-refractivity contribution in [1.82, 2.24) is 0 Å². The van der Waals surface area contributed by atoms with Crippen LogP contribution >= 0.6 is 0 Å². The van der Waals surface area contributed by atoms with E-state index in [4.69, 9.17) is 5.73 Å². The van der Waals surface area contributed by atoms with Crippen LogP contribution in [0.25, 0.3) is 0 Å². The smallest absolute Gasteiger partial charge is 0.126 e. The van der Waals surface area contributed by atoms with E-state index in [0.29, 0.717) is 6.54 Å². The first-order chi connectivity index (χ1) is 6.17. The molecule has 1 aliphatic carbocycles. The number of hydrogen-bond donors (Lipinski definition) is 1. The fraction of sp³-hybridized carbons (Fsp3) is 0.455. The molecular formula is C11H14FN. The maximum Gasteiger partial charge on any atom is 0.126 e. The van der Waals surface area contributed by atoms with Gasteiger partial charge in [0.25, 0.3) is 0 Å². The highest BCUT2D eigenvalue weighted by Crippen LogP contribution is 2.38. The van der Waals surface area contributed by atoms with Crippen molar-refractivity contribution in [2.24, 2.45) is 5.73 Å². The molecule has 1 aromatic carbocycles. The molecule has 0 aliphatic heterocycles. The number of rotatable bonds is 1. The Balaban J connectivity index is 2.55. The van der Waals surface area contributed by atoms with Crippen LogP contribution in [0.15, 0.2) is 18.2 Å². The molecule has 1 aliphatic rings. The van der Waals surface area contributed by atoms with E-state index in [0.717, 1.165) is 24.0 Å². The average molecular weight is 179 g/mol. The van der Waals surface area contributed by atoms with Gasteiger partial charge in [-0.05, 0) is 30.0 Å². The Labute approximate surface area is 77.8 Å². The third-order valence-corrected chi connectivity index (χ3v) is 3.15. The van der Waals surface area contributed by atoms with Crippen molar-refractivity contribution in [3.63, 3.8) is 0 Å². The van der Waals surface area contributed by atoms with Crippen molar-refractivity contribution in [2.75, 3.05) is 6.54 Å². The minimum atomic E-state index is -0.0744. The molecule has 0 saturated heterocycles. The van der Waals surface area contributed by atoms with E-state index in [-0.39, 0.29) is 11.2 Å². The van der Waals surface area contributed by atoms with Crippen molar-refractivity contribution in [3.05, 3.63) is 35.1 Å². The van der Waals surface area contributed by atoms with Crippen LogP contribution in [0.1, 0.15) is 24.5 Å². The summed E-state index contributed by atoms with van der Waals surface area (Å²) in [5, 5.41) is 0. The second kappa shape index (κ2) is 2.81. The molecule has 13 heavy (non-hydrogen) atoms. The second-order valence-corrected chi connectivity index (χ2v) is 4.03. The zero-order valence-electron chi connectivity index (χ0n) is 7.81. The molecule has 0 saturated carbocycles. The molecule has 0 radical (unpaired) electrons. The van der Waals surface area contributed by atoms with Gasteiger partial charge in [-0.2, -0.15) is 0 Å². The Hall–Kier alpha value is -0.890. The van der Waals surface area contributed by atoms with Gasteiger partial charge in [0, 0.05) is 12.0 Å². The summed E-state index contributed by atoms with van der Waals surface area (Å²) in [5.41, 5.74) is 7.69. The lowest BCUT2D eigenvalue weighted by Gasteiger charge is -2.22. The predicted octanol–water partition coefficient (Wildman–Crippen LogP) is 1.99. The predicted molar refractivity (Wildman–Crippen MR) is 51.1 cm³/mol. The molecule has 0 heterocycles. The molecule has 0 fully saturated rings. The van der Waals surface area contributed by atoms with Gasteiger partial charge in [0.05, 0.1) is 0 Å². The van der Waals surface area contributed by atoms with E-state index < -0.39 is 0 Å². The summed E-state index contributed by atoms with van der Waals surface area (Å²) in [5.74, 6) is -0.0744. The minimum Gasteiger partial charge on any atom is -0.330 e. The van der Waals surface area contributed by atoms with E-state index >= 15 is 0 Å². The summed E-state index contributed by atoms with van der Waals surface area (Å²) in [7, 11) is 0. The maximum atomic E-state index is 13.3. The van der Waals surface area contributed by atoms with Gasteiger partial charge in [0.1, 0.15) is 5.82 Å². The lowest BCUT2D eigenvalue weighted by molar-refractivity contribution is 0.482. The van der Waals surface area contributed by atoms with Crippen LogP contribution in [0.4, 0.5) is 4.39 Å². The van der Waals surface area contributed by atoms with Gasteiger partial charge >= 0.3 is 0 Å². The van der Waals surface area contributed by atoms with Crippen molar-refractivity contribution in [1.29, 1.82) is 0 Å². The van der Waals surface area contributed by atoms with Crippen molar-refractivity contribution in [2.45, 2.75) is 25.2 Å². The van der Waals surface area contributed by atoms with Gasteiger partial charge in [-0.3, -0.25) is 0 Å². The molecule has 1 aromatic rings. The lowest BCUT2D eigenvalue weighted by Crippen LogP contribution is -2.28. The fourth-order valence-corrected chi connectivity index (χ4v) is 2.13. The lowest BCUT2D eigenvalue weighted by atomic mass is 9.84. The van der Waals surface area contributed by atoms with Gasteiger partial charge in [-0.1, -0.05) is 19.1 Å². The number of nitrogens with two attached hydrogens (primary N) is 1. The summed E-state index contributed by atoms with van der Waals surface area (Å²) < 4.78 is 13.3. The Morgan fingerprint density at radius 2 is 2.31 bits per heavy atom. The molecule has 0 bridgehead atoms. The zero-order valence-corrected chi connectivity index (χ0v) is 7.81. The molecular weight excluding hydrogens is 165 g/mol. The van der Waals surface area contributed by atoms with E-state index in [2.05, 4.69) is 6.92 Å². The number of hydrogen-bond acceptors (Lipinski definition) is 1. The van der Waals surface area contributed by atoms with Gasteiger partial charge in [0.2, 0.25) is 0 Å². The molecule has 0 amide bonds. The molecule has 2 N–H and O–H groups in total. The highest BCUT2D eigenvalue weighted by Gasteiger charge is 2.34. The summed E-state index contributed by atoms with van der Waals surface area (Å²) in [4.78, 5) is 0. The standard InChI is InChI=1S/C11H14FN/c1-11(7-13)6-5-8-9(11)3-2-4-10(8)12/h2-4H,5-7,13H2,1H3. The molecule has 0 spiro atoms. The second-order valence-electron chi connectivity index (χ2n) is 4.03. The first kappa shape index (κ1) is 8.70. The van der Waals surface area contributed by atoms with Gasteiger partial charge < -0.3 is 5.73 Å². The topological polar surface area (TPSA) is 26.0 Å². The van der Waals surface area contributed by atoms with E-state index in [1.54, 1.807) is 6.07 Å². The third-order valence-electron chi connectivity index (χ3n) is 3.15. The Kier molecular flexibility index (Phi) is 1.88. The highest BCUT2D eigenvalue weighted by molar-refractivity contribution is 5.39. The quantitative estimate of drug-likeness (QED) is 0.701. The normalized spacial score (nSPS) is 26.1.